The van der Waals surface area contributed by atoms with Crippen LogP contribution in [0.4, 0.5) is 10.3 Å². The molecule has 4 nitrogen and oxygen atoms in total. The number of rotatable bonds is 1. The second kappa shape index (κ2) is 4.34. The summed E-state index contributed by atoms with van der Waals surface area (Å²) in [5.41, 5.74) is 7.44. The number of halogens is 2. The number of benzene rings is 1. The second-order valence-corrected chi connectivity index (χ2v) is 5.69. The highest BCUT2D eigenvalue weighted by atomic mass is 127. The predicted octanol–water partition coefficient (Wildman–Crippen LogP) is 2.71. The van der Waals surface area contributed by atoms with E-state index in [0.717, 1.165) is 17.5 Å². The van der Waals surface area contributed by atoms with E-state index in [1.807, 2.05) is 34.1 Å². The first-order valence-electron chi connectivity index (χ1n) is 5.82. The maximum atomic E-state index is 13.7. The standard InChI is InChI=1S/C12H13FIN3O/c1-6-10(2-3-18-6)17-11-4-7(13)8(14)5-9(11)16-12(17)15/h4-6,10H,2-3H2,1H3,(H2,15,16). The van der Waals surface area contributed by atoms with Crippen LogP contribution in [0.3, 0.4) is 0 Å². The van der Waals surface area contributed by atoms with Gasteiger partial charge < -0.3 is 15.0 Å². The average Bonchev–Trinajstić information content (AvgIpc) is 2.83. The first kappa shape index (κ1) is 12.2. The van der Waals surface area contributed by atoms with Gasteiger partial charge in [0.15, 0.2) is 0 Å². The molecule has 1 fully saturated rings. The number of fused-ring (bicyclic) bond motifs is 1. The fraction of sp³-hybridized carbons (Fsp3) is 0.417. The molecule has 1 aromatic carbocycles. The summed E-state index contributed by atoms with van der Waals surface area (Å²) >= 11 is 1.96. The van der Waals surface area contributed by atoms with Gasteiger partial charge in [-0.25, -0.2) is 9.37 Å². The number of ether oxygens (including phenoxy) is 1. The van der Waals surface area contributed by atoms with Crippen molar-refractivity contribution >= 4 is 39.6 Å². The Morgan fingerprint density at radius 1 is 1.56 bits per heavy atom. The van der Waals surface area contributed by atoms with E-state index in [9.17, 15) is 4.39 Å². The van der Waals surface area contributed by atoms with E-state index in [4.69, 9.17) is 10.5 Å². The van der Waals surface area contributed by atoms with Crippen molar-refractivity contribution in [3.63, 3.8) is 0 Å². The molecule has 0 saturated carbocycles. The number of nitrogen functional groups attached to an aromatic ring is 1. The van der Waals surface area contributed by atoms with Gasteiger partial charge in [0.1, 0.15) is 5.82 Å². The van der Waals surface area contributed by atoms with Gasteiger partial charge in [-0.2, -0.15) is 0 Å². The van der Waals surface area contributed by atoms with Crippen LogP contribution in [0.1, 0.15) is 19.4 Å². The van der Waals surface area contributed by atoms with Crippen LogP contribution >= 0.6 is 22.6 Å². The van der Waals surface area contributed by atoms with Crippen molar-refractivity contribution < 1.29 is 9.13 Å². The van der Waals surface area contributed by atoms with Gasteiger partial charge in [-0.3, -0.25) is 0 Å². The van der Waals surface area contributed by atoms with Crippen LogP contribution in [0.5, 0.6) is 0 Å². The molecule has 2 N–H and O–H groups in total. The molecule has 1 aliphatic rings. The Morgan fingerprint density at radius 3 is 3.00 bits per heavy atom. The monoisotopic (exact) mass is 361 g/mol. The summed E-state index contributed by atoms with van der Waals surface area (Å²) in [7, 11) is 0. The first-order chi connectivity index (χ1) is 8.58. The van der Waals surface area contributed by atoms with Crippen molar-refractivity contribution in [2.24, 2.45) is 0 Å². The number of anilines is 1. The Labute approximate surface area is 117 Å². The highest BCUT2D eigenvalue weighted by Gasteiger charge is 2.29. The van der Waals surface area contributed by atoms with E-state index >= 15 is 0 Å². The summed E-state index contributed by atoms with van der Waals surface area (Å²) in [5.74, 6) is 0.185. The van der Waals surface area contributed by atoms with E-state index in [-0.39, 0.29) is 18.0 Å². The van der Waals surface area contributed by atoms with Crippen molar-refractivity contribution in [1.29, 1.82) is 0 Å². The summed E-state index contributed by atoms with van der Waals surface area (Å²) in [4.78, 5) is 4.31. The third-order valence-electron chi connectivity index (χ3n) is 3.43. The molecule has 6 heteroatoms. The molecule has 2 atom stereocenters. The molecule has 18 heavy (non-hydrogen) atoms. The Kier molecular flexibility index (Phi) is 2.93. The quantitative estimate of drug-likeness (QED) is 0.795. The molecule has 0 bridgehead atoms. The Bertz CT molecular complexity index is 613. The molecular formula is C12H13FIN3O. The molecule has 0 radical (unpaired) electrons. The van der Waals surface area contributed by atoms with E-state index in [1.165, 1.54) is 6.07 Å². The number of hydrogen-bond acceptors (Lipinski definition) is 3. The van der Waals surface area contributed by atoms with Crippen LogP contribution in [0.25, 0.3) is 11.0 Å². The zero-order valence-electron chi connectivity index (χ0n) is 9.86. The summed E-state index contributed by atoms with van der Waals surface area (Å²) < 4.78 is 21.7. The van der Waals surface area contributed by atoms with Crippen LogP contribution in [0.15, 0.2) is 12.1 Å². The minimum absolute atomic E-state index is 0.0760. The number of aromatic nitrogens is 2. The lowest BCUT2D eigenvalue weighted by molar-refractivity contribution is 0.109. The molecule has 2 unspecified atom stereocenters. The zero-order chi connectivity index (χ0) is 12.9. The Balaban J connectivity index is 2.22. The lowest BCUT2D eigenvalue weighted by Gasteiger charge is -2.18. The van der Waals surface area contributed by atoms with Crippen molar-refractivity contribution in [1.82, 2.24) is 9.55 Å². The molecule has 96 valence electrons. The maximum Gasteiger partial charge on any atom is 0.201 e. The predicted molar refractivity (Wildman–Crippen MR) is 75.9 cm³/mol. The third kappa shape index (κ3) is 1.78. The fourth-order valence-electron chi connectivity index (χ4n) is 2.52. The smallest absolute Gasteiger partial charge is 0.201 e. The van der Waals surface area contributed by atoms with E-state index < -0.39 is 0 Å². The minimum atomic E-state index is -0.240. The van der Waals surface area contributed by atoms with Crippen LogP contribution < -0.4 is 5.73 Å². The number of imidazole rings is 1. The van der Waals surface area contributed by atoms with Gasteiger partial charge in [0.25, 0.3) is 0 Å². The van der Waals surface area contributed by atoms with Crippen molar-refractivity contribution in [2.45, 2.75) is 25.5 Å². The summed E-state index contributed by atoms with van der Waals surface area (Å²) in [5, 5.41) is 0. The number of nitrogens with zero attached hydrogens (tertiary/aromatic N) is 2. The fourth-order valence-corrected chi connectivity index (χ4v) is 2.97. The SMILES string of the molecule is CC1OCCC1n1c(N)nc2cc(I)c(F)cc21. The molecule has 2 aromatic rings. The largest absolute Gasteiger partial charge is 0.376 e. The lowest BCUT2D eigenvalue weighted by atomic mass is 10.1. The van der Waals surface area contributed by atoms with Gasteiger partial charge in [0.05, 0.1) is 26.7 Å². The topological polar surface area (TPSA) is 53.1 Å². The molecule has 1 aromatic heterocycles. The van der Waals surface area contributed by atoms with Gasteiger partial charge in [-0.1, -0.05) is 0 Å². The van der Waals surface area contributed by atoms with Crippen molar-refractivity contribution in [2.75, 3.05) is 12.3 Å². The molecular weight excluding hydrogens is 348 g/mol. The highest BCUT2D eigenvalue weighted by Crippen LogP contribution is 2.33. The molecule has 3 rings (SSSR count). The molecule has 1 aliphatic heterocycles. The Hall–Kier alpha value is -0.890. The maximum absolute atomic E-state index is 13.7. The normalized spacial score (nSPS) is 23.9. The van der Waals surface area contributed by atoms with Gasteiger partial charge in [0, 0.05) is 12.7 Å². The lowest BCUT2D eigenvalue weighted by Crippen LogP contribution is -2.18. The summed E-state index contributed by atoms with van der Waals surface area (Å²) in [6, 6.07) is 3.36. The van der Waals surface area contributed by atoms with Crippen LogP contribution in [0.2, 0.25) is 0 Å². The average molecular weight is 361 g/mol. The van der Waals surface area contributed by atoms with Crippen LogP contribution in [-0.4, -0.2) is 22.3 Å². The van der Waals surface area contributed by atoms with Gasteiger partial charge in [-0.05, 0) is 42.0 Å². The van der Waals surface area contributed by atoms with E-state index in [0.29, 0.717) is 16.1 Å². The van der Waals surface area contributed by atoms with E-state index in [2.05, 4.69) is 4.98 Å². The molecule has 0 aliphatic carbocycles. The van der Waals surface area contributed by atoms with Crippen molar-refractivity contribution in [3.05, 3.63) is 21.5 Å². The highest BCUT2D eigenvalue weighted by molar-refractivity contribution is 14.1. The number of nitrogens with two attached hydrogens (primary N) is 1. The van der Waals surface area contributed by atoms with E-state index in [1.54, 1.807) is 6.07 Å². The van der Waals surface area contributed by atoms with Gasteiger partial charge >= 0.3 is 0 Å². The van der Waals surface area contributed by atoms with Crippen LogP contribution in [0, 0.1) is 9.39 Å². The van der Waals surface area contributed by atoms with Gasteiger partial charge in [-0.15, -0.1) is 0 Å². The molecule has 0 amide bonds. The first-order valence-corrected chi connectivity index (χ1v) is 6.90. The minimum Gasteiger partial charge on any atom is -0.376 e. The second-order valence-electron chi connectivity index (χ2n) is 4.53. The van der Waals surface area contributed by atoms with Crippen molar-refractivity contribution in [3.8, 4) is 0 Å². The molecule has 2 heterocycles. The molecule has 0 spiro atoms. The van der Waals surface area contributed by atoms with Crippen LogP contribution in [-0.2, 0) is 4.74 Å². The molecule has 1 saturated heterocycles. The summed E-state index contributed by atoms with van der Waals surface area (Å²) in [6.45, 7) is 2.71. The summed E-state index contributed by atoms with van der Waals surface area (Å²) in [6.07, 6.45) is 0.955. The zero-order valence-corrected chi connectivity index (χ0v) is 12.0. The Morgan fingerprint density at radius 2 is 2.33 bits per heavy atom. The van der Waals surface area contributed by atoms with Gasteiger partial charge in [0.2, 0.25) is 5.95 Å². The number of hydrogen-bond donors (Lipinski definition) is 1. The third-order valence-corrected chi connectivity index (χ3v) is 4.25.